The molecule has 0 aliphatic carbocycles. The minimum Gasteiger partial charge on any atom is -0.311 e. The van der Waals surface area contributed by atoms with Crippen LogP contribution in [0.2, 0.25) is 0 Å². The third-order valence-electron chi connectivity index (χ3n) is 10.3. The average molecular weight is 591 g/mol. The van der Waals surface area contributed by atoms with Crippen molar-refractivity contribution in [1.29, 1.82) is 0 Å². The van der Waals surface area contributed by atoms with E-state index in [0.717, 1.165) is 53.3 Å². The van der Waals surface area contributed by atoms with Gasteiger partial charge in [-0.15, -0.1) is 5.10 Å². The largest absolute Gasteiger partial charge is 0.311 e. The Hall–Kier alpha value is -5.03. The van der Waals surface area contributed by atoms with Gasteiger partial charge >= 0.3 is 0 Å². The lowest BCUT2D eigenvalue weighted by Gasteiger charge is -2.47. The van der Waals surface area contributed by atoms with E-state index in [9.17, 15) is 0 Å². The van der Waals surface area contributed by atoms with E-state index in [1.807, 2.05) is 23.0 Å². The standard InChI is InChI=1S/C40H40N5/c1-5-39(4)36-26-25-34(28-35(36)38-20-14-15-27-43(38)40(39,6-2)7-3)44-29-37(41-42-44)30-21-23-33(24-22-30)45(31-16-10-8-11-17-31)32-18-12-9-13-19-32/h8-29H,5-7H2,1-4H3/q+1. The fraction of sp³-hybridized carbons (Fsp3) is 0.225. The van der Waals surface area contributed by atoms with Crippen molar-refractivity contribution in [2.24, 2.45) is 0 Å². The Labute approximate surface area is 266 Å². The lowest BCUT2D eigenvalue weighted by atomic mass is 9.59. The molecule has 224 valence electrons. The summed E-state index contributed by atoms with van der Waals surface area (Å²) in [6, 6.07) is 42.9. The molecule has 0 bridgehead atoms. The molecule has 0 amide bonds. The Bertz CT molecular complexity index is 1880. The van der Waals surface area contributed by atoms with Gasteiger partial charge in [-0.2, -0.15) is 4.57 Å². The summed E-state index contributed by atoms with van der Waals surface area (Å²) in [7, 11) is 0. The van der Waals surface area contributed by atoms with Crippen LogP contribution in [0.5, 0.6) is 0 Å². The highest BCUT2D eigenvalue weighted by atomic mass is 15.4. The zero-order valence-corrected chi connectivity index (χ0v) is 26.6. The SMILES string of the molecule is CCC1(C)c2ccc(-n3cc(-c4ccc(N(c5ccccc5)c5ccccc5)cc4)nn3)cc2-c2cccc[n+]2C1(CC)CC. The van der Waals surface area contributed by atoms with Crippen LogP contribution in [-0.4, -0.2) is 15.0 Å². The van der Waals surface area contributed by atoms with E-state index in [-0.39, 0.29) is 11.0 Å². The molecule has 1 aliphatic heterocycles. The number of para-hydroxylation sites is 2. The van der Waals surface area contributed by atoms with Gasteiger partial charge in [0.1, 0.15) is 5.69 Å². The molecule has 45 heavy (non-hydrogen) atoms. The summed E-state index contributed by atoms with van der Waals surface area (Å²) in [6.45, 7) is 9.46. The maximum Gasteiger partial charge on any atom is 0.213 e. The average Bonchev–Trinajstić information content (AvgIpc) is 3.61. The molecule has 6 aromatic rings. The first-order valence-electron chi connectivity index (χ1n) is 16.1. The molecule has 1 unspecified atom stereocenters. The van der Waals surface area contributed by atoms with Crippen LogP contribution in [0.3, 0.4) is 0 Å². The number of aromatic nitrogens is 4. The molecule has 0 saturated carbocycles. The molecule has 5 heteroatoms. The maximum absolute atomic E-state index is 4.60. The normalized spacial score (nSPS) is 16.5. The first kappa shape index (κ1) is 28.7. The summed E-state index contributed by atoms with van der Waals surface area (Å²) in [4.78, 5) is 2.26. The van der Waals surface area contributed by atoms with Crippen molar-refractivity contribution in [1.82, 2.24) is 15.0 Å². The monoisotopic (exact) mass is 590 g/mol. The number of anilines is 3. The highest BCUT2D eigenvalue weighted by molar-refractivity contribution is 5.77. The molecule has 5 nitrogen and oxygen atoms in total. The Morgan fingerprint density at radius 2 is 1.31 bits per heavy atom. The van der Waals surface area contributed by atoms with E-state index in [1.165, 1.54) is 16.8 Å². The molecular formula is C40H40N5+. The maximum atomic E-state index is 4.60. The van der Waals surface area contributed by atoms with E-state index >= 15 is 0 Å². The van der Waals surface area contributed by atoms with Gasteiger partial charge in [-0.25, -0.2) is 4.68 Å². The van der Waals surface area contributed by atoms with Gasteiger partial charge in [-0.3, -0.25) is 0 Å². The second kappa shape index (κ2) is 11.5. The smallest absolute Gasteiger partial charge is 0.213 e. The van der Waals surface area contributed by atoms with Gasteiger partial charge < -0.3 is 4.90 Å². The van der Waals surface area contributed by atoms with Gasteiger partial charge in [0.25, 0.3) is 0 Å². The number of benzene rings is 4. The number of fused-ring (bicyclic) bond motifs is 3. The number of rotatable bonds is 8. The molecule has 3 heterocycles. The fourth-order valence-corrected chi connectivity index (χ4v) is 7.72. The van der Waals surface area contributed by atoms with Crippen LogP contribution >= 0.6 is 0 Å². The van der Waals surface area contributed by atoms with Crippen LogP contribution in [0.15, 0.2) is 134 Å². The number of hydrogen-bond acceptors (Lipinski definition) is 3. The van der Waals surface area contributed by atoms with Gasteiger partial charge in [-0.1, -0.05) is 80.6 Å². The summed E-state index contributed by atoms with van der Waals surface area (Å²) >= 11 is 0. The Kier molecular flexibility index (Phi) is 7.33. The molecule has 0 radical (unpaired) electrons. The highest BCUT2D eigenvalue weighted by Crippen LogP contribution is 2.51. The predicted molar refractivity (Wildman–Crippen MR) is 183 cm³/mol. The fourth-order valence-electron chi connectivity index (χ4n) is 7.72. The molecule has 1 aliphatic rings. The Morgan fingerprint density at radius 3 is 1.93 bits per heavy atom. The summed E-state index contributed by atoms with van der Waals surface area (Å²) in [5, 5.41) is 9.19. The third kappa shape index (κ3) is 4.57. The van der Waals surface area contributed by atoms with E-state index in [1.54, 1.807) is 0 Å². The summed E-state index contributed by atoms with van der Waals surface area (Å²) < 4.78 is 4.45. The van der Waals surface area contributed by atoms with E-state index in [4.69, 9.17) is 0 Å². The van der Waals surface area contributed by atoms with Crippen LogP contribution in [0.25, 0.3) is 28.2 Å². The van der Waals surface area contributed by atoms with Crippen LogP contribution in [0.4, 0.5) is 17.1 Å². The van der Waals surface area contributed by atoms with Crippen molar-refractivity contribution in [2.45, 2.75) is 57.9 Å². The molecule has 0 fully saturated rings. The summed E-state index contributed by atoms with van der Waals surface area (Å²) in [5.41, 5.74) is 10.2. The van der Waals surface area contributed by atoms with E-state index in [0.29, 0.717) is 0 Å². The van der Waals surface area contributed by atoms with Crippen LogP contribution in [0.1, 0.15) is 52.5 Å². The van der Waals surface area contributed by atoms with Crippen molar-refractivity contribution in [3.63, 3.8) is 0 Å². The van der Waals surface area contributed by atoms with Crippen molar-refractivity contribution < 1.29 is 4.57 Å². The molecule has 0 saturated heterocycles. The van der Waals surface area contributed by atoms with Crippen molar-refractivity contribution in [3.8, 4) is 28.2 Å². The number of hydrogen-bond donors (Lipinski definition) is 0. The minimum atomic E-state index is 0.00599. The molecule has 4 aromatic carbocycles. The third-order valence-corrected chi connectivity index (χ3v) is 10.3. The minimum absolute atomic E-state index is 0.00599. The van der Waals surface area contributed by atoms with Crippen molar-refractivity contribution >= 4 is 17.1 Å². The first-order valence-corrected chi connectivity index (χ1v) is 16.1. The topological polar surface area (TPSA) is 37.8 Å². The Balaban J connectivity index is 1.24. The van der Waals surface area contributed by atoms with Crippen LogP contribution < -0.4 is 9.47 Å². The summed E-state index contributed by atoms with van der Waals surface area (Å²) in [6.07, 6.45) is 7.54. The van der Waals surface area contributed by atoms with Crippen LogP contribution in [0, 0.1) is 0 Å². The van der Waals surface area contributed by atoms with Gasteiger partial charge in [0.2, 0.25) is 5.69 Å². The summed E-state index contributed by atoms with van der Waals surface area (Å²) in [5.74, 6) is 0. The quantitative estimate of drug-likeness (QED) is 0.166. The molecule has 0 N–H and O–H groups in total. The van der Waals surface area contributed by atoms with E-state index in [2.05, 4.69) is 163 Å². The number of pyridine rings is 1. The van der Waals surface area contributed by atoms with Gasteiger partial charge in [0.05, 0.1) is 22.9 Å². The Morgan fingerprint density at radius 1 is 0.689 bits per heavy atom. The second-order valence-corrected chi connectivity index (χ2v) is 12.2. The highest BCUT2D eigenvalue weighted by Gasteiger charge is 2.58. The number of nitrogens with zero attached hydrogens (tertiary/aromatic N) is 5. The molecule has 2 aromatic heterocycles. The zero-order chi connectivity index (χ0) is 31.0. The second-order valence-electron chi connectivity index (χ2n) is 12.2. The molecular weight excluding hydrogens is 550 g/mol. The van der Waals surface area contributed by atoms with Gasteiger partial charge in [-0.05, 0) is 73.5 Å². The lowest BCUT2D eigenvalue weighted by Crippen LogP contribution is -2.68. The zero-order valence-electron chi connectivity index (χ0n) is 26.6. The molecule has 0 spiro atoms. The van der Waals surface area contributed by atoms with Crippen LogP contribution in [-0.2, 0) is 11.0 Å². The van der Waals surface area contributed by atoms with E-state index < -0.39 is 0 Å². The molecule has 7 rings (SSSR count). The van der Waals surface area contributed by atoms with Gasteiger partial charge in [0.15, 0.2) is 11.7 Å². The van der Waals surface area contributed by atoms with Crippen molar-refractivity contribution in [3.05, 3.63) is 139 Å². The van der Waals surface area contributed by atoms with Gasteiger partial charge in [0, 0.05) is 47.6 Å². The lowest BCUT2D eigenvalue weighted by molar-refractivity contribution is -0.769. The first-order chi connectivity index (χ1) is 22.0. The predicted octanol–water partition coefficient (Wildman–Crippen LogP) is 9.56. The molecule has 1 atom stereocenters. The van der Waals surface area contributed by atoms with Crippen molar-refractivity contribution in [2.75, 3.05) is 4.90 Å².